The SMILES string of the molecule is c1ccc(-c2cc(-c3cccc(-c4nc5cccc(-c6cc7ccccc7c7ccccc67)c5c5oc6ccccc6c45)c3)nc(-c3ccccc3)n2)cc1. The number of hydrogen-bond acceptors (Lipinski definition) is 4. The number of nitrogens with zero attached hydrogens (tertiary/aromatic N) is 3. The second-order valence-electron chi connectivity index (χ2n) is 13.9. The van der Waals surface area contributed by atoms with Gasteiger partial charge in [-0.15, -0.1) is 0 Å². The first kappa shape index (κ1) is 31.1. The highest BCUT2D eigenvalue weighted by Crippen LogP contribution is 2.45. The van der Waals surface area contributed by atoms with Crippen LogP contribution in [0.5, 0.6) is 0 Å². The van der Waals surface area contributed by atoms with Gasteiger partial charge in [-0.25, -0.2) is 15.0 Å². The highest BCUT2D eigenvalue weighted by molar-refractivity contribution is 6.24. The second kappa shape index (κ2) is 12.6. The van der Waals surface area contributed by atoms with Crippen molar-refractivity contribution < 1.29 is 4.42 Å². The Labute approximate surface area is 317 Å². The first-order valence-corrected chi connectivity index (χ1v) is 18.5. The Morgan fingerprint density at radius 3 is 1.80 bits per heavy atom. The maximum atomic E-state index is 6.87. The number of fused-ring (bicyclic) bond motifs is 8. The summed E-state index contributed by atoms with van der Waals surface area (Å²) in [6.45, 7) is 0. The van der Waals surface area contributed by atoms with E-state index in [1.165, 1.54) is 21.5 Å². The highest BCUT2D eigenvalue weighted by Gasteiger charge is 2.22. The van der Waals surface area contributed by atoms with E-state index in [1.807, 2.05) is 48.5 Å². The normalized spacial score (nSPS) is 11.6. The number of pyridine rings is 1. The van der Waals surface area contributed by atoms with Gasteiger partial charge < -0.3 is 4.42 Å². The second-order valence-corrected chi connectivity index (χ2v) is 13.9. The van der Waals surface area contributed by atoms with Crippen molar-refractivity contribution in [1.82, 2.24) is 15.0 Å². The quantitative estimate of drug-likeness (QED) is 0.168. The van der Waals surface area contributed by atoms with Gasteiger partial charge in [-0.1, -0.05) is 158 Å². The molecule has 8 aromatic carbocycles. The molecule has 0 saturated carbocycles. The minimum Gasteiger partial charge on any atom is -0.455 e. The van der Waals surface area contributed by atoms with Gasteiger partial charge in [0.05, 0.1) is 33.4 Å². The smallest absolute Gasteiger partial charge is 0.160 e. The van der Waals surface area contributed by atoms with Gasteiger partial charge >= 0.3 is 0 Å². The Morgan fingerprint density at radius 1 is 0.364 bits per heavy atom. The van der Waals surface area contributed by atoms with E-state index >= 15 is 0 Å². The Hall–Kier alpha value is -7.43. The molecule has 0 aliphatic rings. The van der Waals surface area contributed by atoms with Crippen LogP contribution in [0.15, 0.2) is 192 Å². The average molecular weight is 702 g/mol. The minimum absolute atomic E-state index is 0.683. The molecule has 4 heteroatoms. The van der Waals surface area contributed by atoms with Gasteiger partial charge in [-0.3, -0.25) is 0 Å². The minimum atomic E-state index is 0.683. The van der Waals surface area contributed by atoms with Crippen molar-refractivity contribution in [3.05, 3.63) is 188 Å². The Kier molecular flexibility index (Phi) is 7.14. The van der Waals surface area contributed by atoms with Crippen LogP contribution in [-0.2, 0) is 0 Å². The third-order valence-electron chi connectivity index (χ3n) is 10.7. The first-order valence-electron chi connectivity index (χ1n) is 18.5. The van der Waals surface area contributed by atoms with E-state index < -0.39 is 0 Å². The van der Waals surface area contributed by atoms with Gasteiger partial charge in [-0.2, -0.15) is 0 Å². The molecular formula is C51H31N3O. The van der Waals surface area contributed by atoms with Crippen molar-refractivity contribution in [2.45, 2.75) is 0 Å². The van der Waals surface area contributed by atoms with Crippen molar-refractivity contribution >= 4 is 54.4 Å². The van der Waals surface area contributed by atoms with Crippen LogP contribution in [0.3, 0.4) is 0 Å². The molecule has 11 aromatic rings. The number of aromatic nitrogens is 3. The van der Waals surface area contributed by atoms with Gasteiger partial charge in [0.15, 0.2) is 5.82 Å². The Morgan fingerprint density at radius 2 is 0.982 bits per heavy atom. The summed E-state index contributed by atoms with van der Waals surface area (Å²) in [4.78, 5) is 15.6. The predicted molar refractivity (Wildman–Crippen MR) is 227 cm³/mol. The third-order valence-corrected chi connectivity index (χ3v) is 10.7. The molecule has 0 aliphatic heterocycles. The van der Waals surface area contributed by atoms with Crippen molar-refractivity contribution in [2.75, 3.05) is 0 Å². The molecule has 4 nitrogen and oxygen atoms in total. The van der Waals surface area contributed by atoms with Crippen molar-refractivity contribution in [1.29, 1.82) is 0 Å². The summed E-state index contributed by atoms with van der Waals surface area (Å²) < 4.78 is 6.87. The van der Waals surface area contributed by atoms with Crippen molar-refractivity contribution in [3.8, 4) is 56.3 Å². The first-order chi connectivity index (χ1) is 27.3. The molecule has 3 aromatic heterocycles. The van der Waals surface area contributed by atoms with Gasteiger partial charge in [0.25, 0.3) is 0 Å². The summed E-state index contributed by atoms with van der Waals surface area (Å²) in [6, 6.07) is 65.4. The van der Waals surface area contributed by atoms with E-state index in [1.54, 1.807) is 0 Å². The number of furan rings is 1. The number of benzene rings is 8. The van der Waals surface area contributed by atoms with Crippen LogP contribution in [0.25, 0.3) is 111 Å². The zero-order chi connectivity index (χ0) is 36.3. The van der Waals surface area contributed by atoms with Crippen LogP contribution in [0, 0.1) is 0 Å². The highest BCUT2D eigenvalue weighted by atomic mass is 16.3. The molecule has 0 radical (unpaired) electrons. The summed E-state index contributed by atoms with van der Waals surface area (Å²) in [6.07, 6.45) is 0. The van der Waals surface area contributed by atoms with Crippen LogP contribution in [0.2, 0.25) is 0 Å². The van der Waals surface area contributed by atoms with E-state index in [2.05, 4.69) is 140 Å². The number of hydrogen-bond donors (Lipinski definition) is 0. The molecule has 55 heavy (non-hydrogen) atoms. The fraction of sp³-hybridized carbons (Fsp3) is 0. The Bertz CT molecular complexity index is 3200. The van der Waals surface area contributed by atoms with Gasteiger partial charge in [0, 0.05) is 27.6 Å². The lowest BCUT2D eigenvalue weighted by Gasteiger charge is -2.15. The molecule has 256 valence electrons. The van der Waals surface area contributed by atoms with Crippen LogP contribution in [-0.4, -0.2) is 15.0 Å². The lowest BCUT2D eigenvalue weighted by Crippen LogP contribution is -1.96. The molecule has 0 atom stereocenters. The summed E-state index contributed by atoms with van der Waals surface area (Å²) in [5.74, 6) is 0.683. The molecule has 0 saturated heterocycles. The fourth-order valence-electron chi connectivity index (χ4n) is 8.11. The van der Waals surface area contributed by atoms with Crippen LogP contribution in [0.1, 0.15) is 0 Å². The van der Waals surface area contributed by atoms with E-state index in [9.17, 15) is 0 Å². The predicted octanol–water partition coefficient (Wildman–Crippen LogP) is 13.6. The maximum Gasteiger partial charge on any atom is 0.160 e. The molecule has 0 spiro atoms. The molecule has 0 N–H and O–H groups in total. The van der Waals surface area contributed by atoms with Crippen LogP contribution >= 0.6 is 0 Å². The zero-order valence-electron chi connectivity index (χ0n) is 29.6. The number of rotatable bonds is 5. The molecule has 0 aliphatic carbocycles. The molecule has 0 bridgehead atoms. The standard InChI is InChI=1S/C51H31N3O/c1-3-15-32(16-4-1)44-31-45(54-51(53-44)33-17-5-2-6-18-33)35-20-13-21-36(29-35)49-48-41-25-11-12-28-46(41)55-50(48)47-40(26-14-27-43(47)52-49)42-30-34-19-7-8-22-37(34)38-23-9-10-24-39(38)42/h1-31H. The van der Waals surface area contributed by atoms with Gasteiger partial charge in [0.2, 0.25) is 0 Å². The molecule has 0 fully saturated rings. The molecule has 11 rings (SSSR count). The topological polar surface area (TPSA) is 51.8 Å². The molecule has 0 unspecified atom stereocenters. The largest absolute Gasteiger partial charge is 0.455 e. The summed E-state index contributed by atoms with van der Waals surface area (Å²) in [5.41, 5.74) is 11.4. The summed E-state index contributed by atoms with van der Waals surface area (Å²) in [5, 5.41) is 7.90. The summed E-state index contributed by atoms with van der Waals surface area (Å²) in [7, 11) is 0. The van der Waals surface area contributed by atoms with E-state index in [-0.39, 0.29) is 0 Å². The van der Waals surface area contributed by atoms with Crippen LogP contribution in [0.4, 0.5) is 0 Å². The van der Waals surface area contributed by atoms with Crippen molar-refractivity contribution in [3.63, 3.8) is 0 Å². The molecular weight excluding hydrogens is 671 g/mol. The maximum absolute atomic E-state index is 6.87. The van der Waals surface area contributed by atoms with E-state index in [0.29, 0.717) is 5.82 Å². The molecule has 3 heterocycles. The lowest BCUT2D eigenvalue weighted by molar-refractivity contribution is 0.672. The van der Waals surface area contributed by atoms with Gasteiger partial charge in [-0.05, 0) is 63.0 Å². The monoisotopic (exact) mass is 701 g/mol. The van der Waals surface area contributed by atoms with Gasteiger partial charge in [0.1, 0.15) is 11.2 Å². The third kappa shape index (κ3) is 5.19. The summed E-state index contributed by atoms with van der Waals surface area (Å²) >= 11 is 0. The van der Waals surface area contributed by atoms with Crippen LogP contribution < -0.4 is 0 Å². The van der Waals surface area contributed by atoms with Crippen molar-refractivity contribution in [2.24, 2.45) is 0 Å². The lowest BCUT2D eigenvalue weighted by atomic mass is 9.90. The fourth-order valence-corrected chi connectivity index (χ4v) is 8.11. The van der Waals surface area contributed by atoms with E-state index in [0.717, 1.165) is 83.3 Å². The average Bonchev–Trinajstić information content (AvgIpc) is 3.66. The van der Waals surface area contributed by atoms with E-state index in [4.69, 9.17) is 19.4 Å². The molecule has 0 amide bonds. The zero-order valence-corrected chi connectivity index (χ0v) is 29.6. The number of para-hydroxylation sites is 1. The Balaban J connectivity index is 1.15.